The van der Waals surface area contributed by atoms with Crippen LogP contribution in [0.3, 0.4) is 0 Å². The summed E-state index contributed by atoms with van der Waals surface area (Å²) < 4.78 is 11.0. The number of rotatable bonds is 32. The molecule has 0 saturated carbocycles. The van der Waals surface area contributed by atoms with E-state index in [1.165, 1.54) is 167 Å². The number of ether oxygens (including phenoxy) is 2. The van der Waals surface area contributed by atoms with Crippen molar-refractivity contribution < 1.29 is 9.47 Å². The van der Waals surface area contributed by atoms with Crippen LogP contribution in [0.5, 0.6) is 0 Å². The van der Waals surface area contributed by atoms with Crippen molar-refractivity contribution in [2.24, 2.45) is 0 Å². The summed E-state index contributed by atoms with van der Waals surface area (Å²) in [5, 5.41) is 0. The molecule has 0 atom stereocenters. The number of unbranched alkanes of at least 4 members (excludes halogenated alkanes) is 24. The first-order chi connectivity index (χ1) is 18.8. The molecule has 0 aromatic rings. The van der Waals surface area contributed by atoms with Gasteiger partial charge < -0.3 is 9.47 Å². The van der Waals surface area contributed by atoms with E-state index in [1.54, 1.807) is 0 Å². The molecule has 38 heavy (non-hydrogen) atoms. The van der Waals surface area contributed by atoms with Gasteiger partial charge in [0.05, 0.1) is 0 Å². The molecule has 2 heteroatoms. The molecule has 2 nitrogen and oxygen atoms in total. The van der Waals surface area contributed by atoms with E-state index in [2.05, 4.69) is 27.7 Å². The van der Waals surface area contributed by atoms with Gasteiger partial charge in [0.15, 0.2) is 0 Å². The maximum absolute atomic E-state index is 5.48. The van der Waals surface area contributed by atoms with Gasteiger partial charge in [-0.3, -0.25) is 0 Å². The third-order valence-corrected chi connectivity index (χ3v) is 7.48. The molecule has 0 aliphatic heterocycles. The lowest BCUT2D eigenvalue weighted by Crippen LogP contribution is -1.95. The molecule has 0 N–H and O–H groups in total. The van der Waals surface area contributed by atoms with Crippen molar-refractivity contribution in [3.63, 3.8) is 0 Å². The van der Waals surface area contributed by atoms with Gasteiger partial charge in [0, 0.05) is 26.4 Å². The van der Waals surface area contributed by atoms with Gasteiger partial charge in [-0.2, -0.15) is 0 Å². The smallest absolute Gasteiger partial charge is 0.0466 e. The largest absolute Gasteiger partial charge is 0.381 e. The monoisotopic (exact) mass is 541 g/mol. The Morgan fingerprint density at radius 2 is 0.421 bits per heavy atom. The van der Waals surface area contributed by atoms with Crippen molar-refractivity contribution in [3.8, 4) is 0 Å². The quantitative estimate of drug-likeness (QED) is 0.0790. The van der Waals surface area contributed by atoms with Gasteiger partial charge in [-0.05, 0) is 25.7 Å². The summed E-state index contributed by atoms with van der Waals surface area (Å²) in [5.74, 6) is 0. The fourth-order valence-corrected chi connectivity index (χ4v) is 4.94. The minimum atomic E-state index is 0.934. The summed E-state index contributed by atoms with van der Waals surface area (Å²) in [5.41, 5.74) is 0. The number of hydrogen-bond acceptors (Lipinski definition) is 2. The maximum atomic E-state index is 5.48. The molecule has 0 aliphatic carbocycles. The van der Waals surface area contributed by atoms with E-state index in [-0.39, 0.29) is 0 Å². The fraction of sp³-hybridized carbons (Fsp3) is 1.00. The molecule has 0 spiro atoms. The van der Waals surface area contributed by atoms with Crippen LogP contribution in [0.2, 0.25) is 0 Å². The molecule has 0 heterocycles. The first-order valence-corrected chi connectivity index (χ1v) is 18.0. The van der Waals surface area contributed by atoms with Gasteiger partial charge in [0.1, 0.15) is 0 Å². The highest BCUT2D eigenvalue weighted by Gasteiger charge is 1.95. The van der Waals surface area contributed by atoms with Crippen molar-refractivity contribution in [2.45, 2.75) is 207 Å². The molecule has 0 rings (SSSR count). The van der Waals surface area contributed by atoms with E-state index in [4.69, 9.17) is 9.47 Å². The second-order valence-corrected chi connectivity index (χ2v) is 11.7. The normalized spacial score (nSPS) is 11.1. The Hall–Kier alpha value is -0.0800. The summed E-state index contributed by atoms with van der Waals surface area (Å²) in [6, 6.07) is 0. The Kier molecular flexibility index (Phi) is 43.6. The first-order valence-electron chi connectivity index (χ1n) is 18.0. The lowest BCUT2D eigenvalue weighted by Gasteiger charge is -2.04. The fourth-order valence-electron chi connectivity index (χ4n) is 4.94. The summed E-state index contributed by atoms with van der Waals surface area (Å²) in [4.78, 5) is 0. The predicted molar refractivity (Wildman–Crippen MR) is 174 cm³/mol. The molecule has 0 aromatic carbocycles. The lowest BCUT2D eigenvalue weighted by atomic mass is 10.0. The zero-order valence-electron chi connectivity index (χ0n) is 27.4. The summed E-state index contributed by atoms with van der Waals surface area (Å²) >= 11 is 0. The Labute approximate surface area is 243 Å². The van der Waals surface area contributed by atoms with Crippen LogP contribution in [-0.4, -0.2) is 26.4 Å². The molecule has 0 unspecified atom stereocenters. The zero-order valence-corrected chi connectivity index (χ0v) is 27.4. The van der Waals surface area contributed by atoms with Crippen molar-refractivity contribution in [1.29, 1.82) is 0 Å². The molecule has 232 valence electrons. The lowest BCUT2D eigenvalue weighted by molar-refractivity contribution is 0.130. The van der Waals surface area contributed by atoms with Crippen LogP contribution in [0.15, 0.2) is 0 Å². The molecule has 0 aliphatic rings. The molecule has 0 aromatic heterocycles. The van der Waals surface area contributed by atoms with Crippen LogP contribution in [0.25, 0.3) is 0 Å². The van der Waals surface area contributed by atoms with E-state index in [1.807, 2.05) is 0 Å². The Morgan fingerprint density at radius 3 is 0.632 bits per heavy atom. The molecule has 0 fully saturated rings. The Balaban J connectivity index is 0. The second-order valence-electron chi connectivity index (χ2n) is 11.7. The Bertz CT molecular complexity index is 323. The van der Waals surface area contributed by atoms with Gasteiger partial charge in [-0.25, -0.2) is 0 Å². The molecule has 0 bridgehead atoms. The van der Waals surface area contributed by atoms with Crippen LogP contribution >= 0.6 is 0 Å². The predicted octanol–water partition coefficient (Wildman–Crippen LogP) is 13.0. The van der Waals surface area contributed by atoms with Crippen LogP contribution < -0.4 is 0 Å². The van der Waals surface area contributed by atoms with Gasteiger partial charge in [0.2, 0.25) is 0 Å². The molecule has 0 saturated heterocycles. The molecular weight excluding hydrogens is 464 g/mol. The minimum absolute atomic E-state index is 0.934. The standard InChI is InChI=1S/C18H38O2.C18H38/c1-3-15-19-17-13-11-9-7-5-6-8-10-12-14-18-20-16-4-2;1-3-5-7-9-11-13-15-17-18-16-14-12-10-8-6-4-2/h3-18H2,1-2H3;3-18H2,1-2H3. The SMILES string of the molecule is CCCCCCCCCCCCCCCCCC.CCCOCCCCCCCCCCCCOCCC. The first kappa shape index (κ1) is 40.1. The summed E-state index contributed by atoms with van der Waals surface area (Å²) in [6.45, 7) is 12.7. The summed E-state index contributed by atoms with van der Waals surface area (Å²) in [6.07, 6.45) is 39.3. The van der Waals surface area contributed by atoms with Gasteiger partial charge in [0.25, 0.3) is 0 Å². The topological polar surface area (TPSA) is 18.5 Å². The molecule has 0 radical (unpaired) electrons. The highest BCUT2D eigenvalue weighted by molar-refractivity contribution is 4.50. The third kappa shape index (κ3) is 43.0. The zero-order chi connectivity index (χ0) is 28.0. The maximum Gasteiger partial charge on any atom is 0.0466 e. The van der Waals surface area contributed by atoms with Crippen molar-refractivity contribution in [2.75, 3.05) is 26.4 Å². The van der Waals surface area contributed by atoms with E-state index in [0.717, 1.165) is 39.3 Å². The van der Waals surface area contributed by atoms with Crippen LogP contribution in [0.1, 0.15) is 207 Å². The van der Waals surface area contributed by atoms with Crippen molar-refractivity contribution >= 4 is 0 Å². The van der Waals surface area contributed by atoms with Crippen LogP contribution in [0, 0.1) is 0 Å². The van der Waals surface area contributed by atoms with Crippen LogP contribution in [0.4, 0.5) is 0 Å². The van der Waals surface area contributed by atoms with Crippen molar-refractivity contribution in [3.05, 3.63) is 0 Å². The highest BCUT2D eigenvalue weighted by atomic mass is 16.5. The van der Waals surface area contributed by atoms with Gasteiger partial charge in [-0.1, -0.05) is 182 Å². The summed E-state index contributed by atoms with van der Waals surface area (Å²) in [7, 11) is 0. The van der Waals surface area contributed by atoms with Crippen molar-refractivity contribution in [1.82, 2.24) is 0 Å². The third-order valence-electron chi connectivity index (χ3n) is 7.48. The highest BCUT2D eigenvalue weighted by Crippen LogP contribution is 2.14. The van der Waals surface area contributed by atoms with Crippen LogP contribution in [-0.2, 0) is 9.47 Å². The van der Waals surface area contributed by atoms with E-state index >= 15 is 0 Å². The Morgan fingerprint density at radius 1 is 0.211 bits per heavy atom. The molecule has 0 amide bonds. The van der Waals surface area contributed by atoms with E-state index in [9.17, 15) is 0 Å². The van der Waals surface area contributed by atoms with E-state index < -0.39 is 0 Å². The van der Waals surface area contributed by atoms with Gasteiger partial charge >= 0.3 is 0 Å². The average molecular weight is 541 g/mol. The number of hydrogen-bond donors (Lipinski definition) is 0. The minimum Gasteiger partial charge on any atom is -0.381 e. The second kappa shape index (κ2) is 41.4. The van der Waals surface area contributed by atoms with Gasteiger partial charge in [-0.15, -0.1) is 0 Å². The average Bonchev–Trinajstić information content (AvgIpc) is 2.93. The molecular formula is C36H76O2. The van der Waals surface area contributed by atoms with E-state index in [0.29, 0.717) is 0 Å².